The summed E-state index contributed by atoms with van der Waals surface area (Å²) in [5, 5.41) is 3.97. The van der Waals surface area contributed by atoms with Crippen molar-refractivity contribution in [1.29, 1.82) is 0 Å². The summed E-state index contributed by atoms with van der Waals surface area (Å²) in [4.78, 5) is 2.55. The van der Waals surface area contributed by atoms with E-state index in [0.717, 1.165) is 5.56 Å². The van der Waals surface area contributed by atoms with Crippen LogP contribution in [0.5, 0.6) is 0 Å². The van der Waals surface area contributed by atoms with E-state index in [0.29, 0.717) is 16.3 Å². The summed E-state index contributed by atoms with van der Waals surface area (Å²) in [7, 11) is 0. The average molecular weight is 507 g/mol. The van der Waals surface area contributed by atoms with Crippen LogP contribution in [0.2, 0.25) is 0 Å². The van der Waals surface area contributed by atoms with Crippen LogP contribution in [-0.4, -0.2) is 17.7 Å². The zero-order valence-electron chi connectivity index (χ0n) is 17.7. The van der Waals surface area contributed by atoms with Gasteiger partial charge in [-0.05, 0) is 46.0 Å². The van der Waals surface area contributed by atoms with E-state index in [1.54, 1.807) is 36.4 Å². The van der Waals surface area contributed by atoms with Gasteiger partial charge in [0.05, 0.1) is 0 Å². The number of rotatable bonds is 3. The van der Waals surface area contributed by atoms with Crippen LogP contribution in [0.25, 0.3) is 10.8 Å². The third-order valence-electron chi connectivity index (χ3n) is 6.35. The molecule has 2 atom stereocenters. The second-order valence-electron chi connectivity index (χ2n) is 8.40. The molecule has 1 aliphatic heterocycles. The van der Waals surface area contributed by atoms with E-state index >= 15 is 0 Å². The molecule has 3 nitrogen and oxygen atoms in total. The van der Waals surface area contributed by atoms with Crippen molar-refractivity contribution >= 4 is 10.8 Å². The maximum absolute atomic E-state index is 14.4. The highest BCUT2D eigenvalue weighted by molar-refractivity contribution is 5.89. The molecule has 188 valence electrons. The Labute approximate surface area is 193 Å². The Morgan fingerprint density at radius 2 is 1.43 bits per heavy atom. The lowest BCUT2D eigenvalue weighted by Gasteiger charge is -2.32. The van der Waals surface area contributed by atoms with Crippen LogP contribution in [0.15, 0.2) is 48.5 Å². The summed E-state index contributed by atoms with van der Waals surface area (Å²) in [5.74, 6) is 0. The molecular formula is C23H18F9N3. The van der Waals surface area contributed by atoms with Gasteiger partial charge in [0.1, 0.15) is 16.8 Å². The van der Waals surface area contributed by atoms with Crippen LogP contribution >= 0.6 is 0 Å². The van der Waals surface area contributed by atoms with Crippen molar-refractivity contribution in [3.05, 3.63) is 76.6 Å². The molecule has 0 bridgehead atoms. The Bertz CT molecular complexity index is 1220. The Balaban J connectivity index is 1.87. The van der Waals surface area contributed by atoms with E-state index in [1.807, 2.05) is 0 Å². The molecule has 3 aromatic rings. The monoisotopic (exact) mass is 507 g/mol. The Hall–Kier alpha value is -2.86. The number of aromatic nitrogens is 1. The molecule has 1 saturated heterocycles. The lowest BCUT2D eigenvalue weighted by molar-refractivity contribution is -0.186. The number of nitrogens with zero attached hydrogens (tertiary/aromatic N) is 1. The van der Waals surface area contributed by atoms with Gasteiger partial charge in [-0.1, -0.05) is 36.4 Å². The van der Waals surface area contributed by atoms with Crippen molar-refractivity contribution in [3.63, 3.8) is 0 Å². The SMILES string of the molecule is NCc1ccc(C2CC(c3cc(C(F)(F)F)nc(C(F)(F)F)c3)(C(F)(F)F)CN2)c2ccccc12. The van der Waals surface area contributed by atoms with Gasteiger partial charge in [0, 0.05) is 19.1 Å². The van der Waals surface area contributed by atoms with Crippen molar-refractivity contribution < 1.29 is 39.5 Å². The molecule has 0 aliphatic carbocycles. The number of nitrogens with two attached hydrogens (primary N) is 1. The van der Waals surface area contributed by atoms with E-state index in [-0.39, 0.29) is 18.7 Å². The minimum atomic E-state index is -5.37. The summed E-state index contributed by atoms with van der Waals surface area (Å²) >= 11 is 0. The fourth-order valence-electron chi connectivity index (χ4n) is 4.57. The quantitative estimate of drug-likeness (QED) is 0.411. The van der Waals surface area contributed by atoms with Crippen molar-refractivity contribution in [2.45, 2.75) is 43.0 Å². The minimum Gasteiger partial charge on any atom is -0.326 e. The largest absolute Gasteiger partial charge is 0.433 e. The van der Waals surface area contributed by atoms with E-state index in [9.17, 15) is 39.5 Å². The summed E-state index contributed by atoms with van der Waals surface area (Å²) in [6.45, 7) is -0.741. The van der Waals surface area contributed by atoms with Gasteiger partial charge in [0.15, 0.2) is 0 Å². The maximum Gasteiger partial charge on any atom is 0.433 e. The van der Waals surface area contributed by atoms with Gasteiger partial charge < -0.3 is 11.1 Å². The average Bonchev–Trinajstić information content (AvgIpc) is 3.23. The molecule has 12 heteroatoms. The fourth-order valence-corrected chi connectivity index (χ4v) is 4.57. The molecule has 2 aromatic carbocycles. The number of benzene rings is 2. The highest BCUT2D eigenvalue weighted by Crippen LogP contribution is 2.52. The Morgan fingerprint density at radius 1 is 0.857 bits per heavy atom. The van der Waals surface area contributed by atoms with Crippen LogP contribution in [0, 0.1) is 0 Å². The first-order valence-electron chi connectivity index (χ1n) is 10.3. The van der Waals surface area contributed by atoms with E-state index in [1.165, 1.54) is 0 Å². The first-order chi connectivity index (χ1) is 16.2. The van der Waals surface area contributed by atoms with Gasteiger partial charge in [0.2, 0.25) is 0 Å². The summed E-state index contributed by atoms with van der Waals surface area (Å²) in [5.41, 5.74) is -1.30. The third kappa shape index (κ3) is 4.44. The molecule has 0 radical (unpaired) electrons. The first kappa shape index (κ1) is 25.2. The molecule has 0 spiro atoms. The van der Waals surface area contributed by atoms with Crippen LogP contribution < -0.4 is 11.1 Å². The van der Waals surface area contributed by atoms with Gasteiger partial charge >= 0.3 is 18.5 Å². The van der Waals surface area contributed by atoms with Crippen molar-refractivity contribution in [1.82, 2.24) is 10.3 Å². The molecule has 0 amide bonds. The highest BCUT2D eigenvalue weighted by Gasteiger charge is 2.60. The molecule has 1 aliphatic rings. The summed E-state index contributed by atoms with van der Waals surface area (Å²) in [6.07, 6.45) is -16.7. The third-order valence-corrected chi connectivity index (χ3v) is 6.35. The maximum atomic E-state index is 14.4. The number of alkyl halides is 9. The smallest absolute Gasteiger partial charge is 0.326 e. The van der Waals surface area contributed by atoms with E-state index < -0.39 is 59.9 Å². The van der Waals surface area contributed by atoms with Gasteiger partial charge in [-0.2, -0.15) is 39.5 Å². The van der Waals surface area contributed by atoms with E-state index in [2.05, 4.69) is 10.3 Å². The van der Waals surface area contributed by atoms with Crippen LogP contribution in [0.1, 0.15) is 40.5 Å². The molecule has 2 heterocycles. The number of hydrogen-bond donors (Lipinski definition) is 2. The molecule has 4 rings (SSSR count). The van der Waals surface area contributed by atoms with Gasteiger partial charge in [0.25, 0.3) is 0 Å². The lowest BCUT2D eigenvalue weighted by atomic mass is 9.76. The summed E-state index contributed by atoms with van der Waals surface area (Å²) < 4.78 is 123. The lowest BCUT2D eigenvalue weighted by Crippen LogP contribution is -2.44. The van der Waals surface area contributed by atoms with Gasteiger partial charge in [-0.25, -0.2) is 4.98 Å². The number of halogens is 9. The Kier molecular flexibility index (Phi) is 6.03. The second kappa shape index (κ2) is 8.37. The highest BCUT2D eigenvalue weighted by atomic mass is 19.4. The van der Waals surface area contributed by atoms with Crippen LogP contribution in [0.3, 0.4) is 0 Å². The number of fused-ring (bicyclic) bond motifs is 1. The number of hydrogen-bond acceptors (Lipinski definition) is 3. The molecule has 1 fully saturated rings. The molecule has 2 unspecified atom stereocenters. The summed E-state index contributed by atoms with van der Waals surface area (Å²) in [6, 6.07) is 9.14. The predicted octanol–water partition coefficient (Wildman–Crippen LogP) is 6.27. The molecule has 0 saturated carbocycles. The van der Waals surface area contributed by atoms with Gasteiger partial charge in [-0.15, -0.1) is 0 Å². The number of nitrogens with one attached hydrogen (secondary N) is 1. The minimum absolute atomic E-state index is 0.0580. The molecular weight excluding hydrogens is 489 g/mol. The second-order valence-corrected chi connectivity index (χ2v) is 8.40. The molecule has 1 aromatic heterocycles. The van der Waals surface area contributed by atoms with Crippen molar-refractivity contribution in [3.8, 4) is 0 Å². The molecule has 3 N–H and O–H groups in total. The zero-order valence-corrected chi connectivity index (χ0v) is 17.7. The fraction of sp³-hybridized carbons (Fsp3) is 0.348. The van der Waals surface area contributed by atoms with Crippen molar-refractivity contribution in [2.24, 2.45) is 5.73 Å². The Morgan fingerprint density at radius 3 is 1.94 bits per heavy atom. The normalized spacial score (nSPS) is 21.6. The topological polar surface area (TPSA) is 50.9 Å². The van der Waals surface area contributed by atoms with E-state index in [4.69, 9.17) is 5.73 Å². The standard InChI is InChI=1S/C23H18F9N3/c24-21(25,26)18-7-13(8-19(35-18)22(27,28)29)20(23(30,31)32)9-17(34-11-20)16-6-5-12(10-33)14-3-1-2-4-15(14)16/h1-8,17,34H,9-11,33H2. The zero-order chi connectivity index (χ0) is 25.8. The van der Waals surface area contributed by atoms with Crippen molar-refractivity contribution in [2.75, 3.05) is 6.54 Å². The first-order valence-corrected chi connectivity index (χ1v) is 10.3. The number of pyridine rings is 1. The predicted molar refractivity (Wildman–Crippen MR) is 109 cm³/mol. The van der Waals surface area contributed by atoms with Crippen LogP contribution in [0.4, 0.5) is 39.5 Å². The van der Waals surface area contributed by atoms with Crippen LogP contribution in [-0.2, 0) is 24.3 Å². The molecule has 35 heavy (non-hydrogen) atoms. The van der Waals surface area contributed by atoms with Gasteiger partial charge in [-0.3, -0.25) is 0 Å².